The number of carboxylic acids is 1. The van der Waals surface area contributed by atoms with E-state index in [1.54, 1.807) is 24.3 Å². The van der Waals surface area contributed by atoms with Crippen LogP contribution in [0.5, 0.6) is 5.75 Å². The van der Waals surface area contributed by atoms with Crippen molar-refractivity contribution in [3.05, 3.63) is 65.2 Å². The number of benzene rings is 2. The van der Waals surface area contributed by atoms with Gasteiger partial charge in [0.25, 0.3) is 5.91 Å². The molecule has 0 saturated heterocycles. The van der Waals surface area contributed by atoms with E-state index in [2.05, 4.69) is 31.2 Å². The molecule has 1 N–H and O–H groups in total. The SMILES string of the molecule is Cc1ccc(C2CCCC2N(C)C(=O)c2cccc(OCC(=O)O)c2)cc1. The minimum atomic E-state index is -1.05. The van der Waals surface area contributed by atoms with Crippen LogP contribution in [0.25, 0.3) is 0 Å². The molecule has 2 atom stereocenters. The highest BCUT2D eigenvalue weighted by Crippen LogP contribution is 2.38. The normalized spacial score (nSPS) is 18.9. The first-order valence-corrected chi connectivity index (χ1v) is 9.24. The molecule has 0 bridgehead atoms. The van der Waals surface area contributed by atoms with Crippen LogP contribution in [0.1, 0.15) is 46.7 Å². The fraction of sp³-hybridized carbons (Fsp3) is 0.364. The first kappa shape index (κ1) is 19.0. The third kappa shape index (κ3) is 4.48. The monoisotopic (exact) mass is 367 g/mol. The van der Waals surface area contributed by atoms with E-state index in [0.717, 1.165) is 19.3 Å². The first-order valence-electron chi connectivity index (χ1n) is 9.24. The lowest BCUT2D eigenvalue weighted by atomic mass is 9.92. The first-order chi connectivity index (χ1) is 13.0. The number of carbonyl (C=O) groups excluding carboxylic acids is 1. The smallest absolute Gasteiger partial charge is 0.341 e. The van der Waals surface area contributed by atoms with Gasteiger partial charge in [0.15, 0.2) is 6.61 Å². The summed E-state index contributed by atoms with van der Waals surface area (Å²) in [5, 5.41) is 8.74. The zero-order chi connectivity index (χ0) is 19.4. The number of rotatable bonds is 6. The van der Waals surface area contributed by atoms with Crippen LogP contribution in [0.15, 0.2) is 48.5 Å². The minimum absolute atomic E-state index is 0.0696. The van der Waals surface area contributed by atoms with Crippen molar-refractivity contribution in [2.24, 2.45) is 0 Å². The summed E-state index contributed by atoms with van der Waals surface area (Å²) in [6, 6.07) is 15.4. The predicted octanol–water partition coefficient (Wildman–Crippen LogP) is 3.87. The van der Waals surface area contributed by atoms with Crippen molar-refractivity contribution < 1.29 is 19.4 Å². The number of aliphatic carboxylic acids is 1. The quantitative estimate of drug-likeness (QED) is 0.842. The zero-order valence-electron chi connectivity index (χ0n) is 15.7. The van der Waals surface area contributed by atoms with Crippen LogP contribution in [0.3, 0.4) is 0 Å². The maximum Gasteiger partial charge on any atom is 0.341 e. The topological polar surface area (TPSA) is 66.8 Å². The number of aryl methyl sites for hydroxylation is 1. The van der Waals surface area contributed by atoms with Crippen molar-refractivity contribution in [3.63, 3.8) is 0 Å². The van der Waals surface area contributed by atoms with E-state index in [1.165, 1.54) is 11.1 Å². The number of hydrogen-bond donors (Lipinski definition) is 1. The van der Waals surface area contributed by atoms with Gasteiger partial charge in [-0.05, 0) is 43.5 Å². The highest BCUT2D eigenvalue weighted by Gasteiger charge is 2.34. The molecule has 1 fully saturated rings. The summed E-state index contributed by atoms with van der Waals surface area (Å²) < 4.78 is 5.19. The number of carboxylic acid groups (broad SMARTS) is 1. The Hall–Kier alpha value is -2.82. The molecule has 2 aromatic rings. The molecule has 1 saturated carbocycles. The Labute approximate surface area is 159 Å². The van der Waals surface area contributed by atoms with E-state index in [1.807, 2.05) is 11.9 Å². The highest BCUT2D eigenvalue weighted by molar-refractivity contribution is 5.94. The molecular weight excluding hydrogens is 342 g/mol. The van der Waals surface area contributed by atoms with Gasteiger partial charge in [-0.25, -0.2) is 4.79 Å². The molecule has 27 heavy (non-hydrogen) atoms. The van der Waals surface area contributed by atoms with E-state index >= 15 is 0 Å². The van der Waals surface area contributed by atoms with Crippen LogP contribution in [0.4, 0.5) is 0 Å². The lowest BCUT2D eigenvalue weighted by molar-refractivity contribution is -0.139. The standard InChI is InChI=1S/C22H25NO4/c1-15-9-11-16(12-10-15)19-7-4-8-20(19)23(2)22(26)17-5-3-6-18(13-17)27-14-21(24)25/h3,5-6,9-13,19-20H,4,7-8,14H2,1-2H3,(H,24,25). The van der Waals surface area contributed by atoms with Gasteiger partial charge < -0.3 is 14.7 Å². The molecule has 0 aliphatic heterocycles. The molecule has 1 aliphatic carbocycles. The molecule has 1 amide bonds. The summed E-state index contributed by atoms with van der Waals surface area (Å²) in [6.45, 7) is 1.65. The van der Waals surface area contributed by atoms with E-state index < -0.39 is 12.6 Å². The molecule has 0 heterocycles. The Bertz CT molecular complexity index is 815. The molecule has 0 aromatic heterocycles. The molecule has 1 aliphatic rings. The molecule has 5 heteroatoms. The third-order valence-electron chi connectivity index (χ3n) is 5.25. The molecule has 2 unspecified atom stereocenters. The van der Waals surface area contributed by atoms with E-state index in [9.17, 15) is 9.59 Å². The van der Waals surface area contributed by atoms with Crippen molar-refractivity contribution in [3.8, 4) is 5.75 Å². The Morgan fingerprint density at radius 3 is 2.59 bits per heavy atom. The summed E-state index contributed by atoms with van der Waals surface area (Å²) in [5.41, 5.74) is 3.02. The number of likely N-dealkylation sites (N-methyl/N-ethyl adjacent to an activating group) is 1. The van der Waals surface area contributed by atoms with Crippen LogP contribution in [0, 0.1) is 6.92 Å². The third-order valence-corrected chi connectivity index (χ3v) is 5.25. The lowest BCUT2D eigenvalue weighted by Gasteiger charge is -2.30. The second-order valence-electron chi connectivity index (χ2n) is 7.14. The van der Waals surface area contributed by atoms with Crippen molar-refractivity contribution in [2.75, 3.05) is 13.7 Å². The number of nitrogens with zero attached hydrogens (tertiary/aromatic N) is 1. The maximum absolute atomic E-state index is 13.0. The average Bonchev–Trinajstić information content (AvgIpc) is 3.15. The van der Waals surface area contributed by atoms with Crippen LogP contribution in [-0.4, -0.2) is 41.6 Å². The largest absolute Gasteiger partial charge is 0.482 e. The Morgan fingerprint density at radius 1 is 1.15 bits per heavy atom. The van der Waals surface area contributed by atoms with Gasteiger partial charge in [-0.1, -0.05) is 42.3 Å². The summed E-state index contributed by atoms with van der Waals surface area (Å²) in [7, 11) is 1.85. The number of amides is 1. The van der Waals surface area contributed by atoms with Crippen LogP contribution in [0.2, 0.25) is 0 Å². The van der Waals surface area contributed by atoms with Crippen molar-refractivity contribution in [2.45, 2.75) is 38.1 Å². The maximum atomic E-state index is 13.0. The fourth-order valence-electron chi connectivity index (χ4n) is 3.82. The van der Waals surface area contributed by atoms with Gasteiger partial charge in [0.1, 0.15) is 5.75 Å². The lowest BCUT2D eigenvalue weighted by Crippen LogP contribution is -2.38. The summed E-state index contributed by atoms with van der Waals surface area (Å²) in [6.07, 6.45) is 3.16. The number of ether oxygens (including phenoxy) is 1. The molecule has 3 rings (SSSR count). The van der Waals surface area contributed by atoms with Crippen LogP contribution >= 0.6 is 0 Å². The molecule has 0 radical (unpaired) electrons. The average molecular weight is 367 g/mol. The highest BCUT2D eigenvalue weighted by atomic mass is 16.5. The van der Waals surface area contributed by atoms with Crippen molar-refractivity contribution in [1.29, 1.82) is 0 Å². The van der Waals surface area contributed by atoms with Gasteiger partial charge in [-0.3, -0.25) is 4.79 Å². The summed E-state index contributed by atoms with van der Waals surface area (Å²) in [5.74, 6) is -0.389. The van der Waals surface area contributed by atoms with E-state index in [0.29, 0.717) is 17.2 Å². The predicted molar refractivity (Wildman–Crippen MR) is 103 cm³/mol. The summed E-state index contributed by atoms with van der Waals surface area (Å²) in [4.78, 5) is 25.5. The van der Waals surface area contributed by atoms with Gasteiger partial charge in [0, 0.05) is 24.6 Å². The van der Waals surface area contributed by atoms with Crippen molar-refractivity contribution in [1.82, 2.24) is 4.90 Å². The second kappa shape index (κ2) is 8.25. The van der Waals surface area contributed by atoms with Crippen LogP contribution in [-0.2, 0) is 4.79 Å². The fourth-order valence-corrected chi connectivity index (χ4v) is 3.82. The van der Waals surface area contributed by atoms with Gasteiger partial charge in [0.05, 0.1) is 0 Å². The minimum Gasteiger partial charge on any atom is -0.482 e. The molecule has 2 aromatic carbocycles. The van der Waals surface area contributed by atoms with Gasteiger partial charge in [-0.2, -0.15) is 0 Å². The van der Waals surface area contributed by atoms with Gasteiger partial charge in [-0.15, -0.1) is 0 Å². The number of carbonyl (C=O) groups is 2. The zero-order valence-corrected chi connectivity index (χ0v) is 15.7. The van der Waals surface area contributed by atoms with Gasteiger partial charge >= 0.3 is 5.97 Å². The molecule has 5 nitrogen and oxygen atoms in total. The van der Waals surface area contributed by atoms with Crippen molar-refractivity contribution >= 4 is 11.9 Å². The Balaban J connectivity index is 1.75. The van der Waals surface area contributed by atoms with E-state index in [-0.39, 0.29) is 11.9 Å². The summed E-state index contributed by atoms with van der Waals surface area (Å²) >= 11 is 0. The van der Waals surface area contributed by atoms with Crippen LogP contribution < -0.4 is 4.74 Å². The Kier molecular flexibility index (Phi) is 5.79. The van der Waals surface area contributed by atoms with E-state index in [4.69, 9.17) is 9.84 Å². The molecular formula is C22H25NO4. The second-order valence-corrected chi connectivity index (χ2v) is 7.14. The number of hydrogen-bond acceptors (Lipinski definition) is 3. The van der Waals surface area contributed by atoms with Gasteiger partial charge in [0.2, 0.25) is 0 Å². The Morgan fingerprint density at radius 2 is 1.89 bits per heavy atom. The molecule has 142 valence electrons. The molecule has 0 spiro atoms.